The Bertz CT molecular complexity index is 1220. The summed E-state index contributed by atoms with van der Waals surface area (Å²) >= 11 is 1.19. The molecule has 0 aliphatic carbocycles. The molecule has 2 heterocycles. The molecule has 4 rings (SSSR count). The number of carbonyl (C=O) groups excluding carboxylic acids is 2. The van der Waals surface area contributed by atoms with E-state index < -0.39 is 11.8 Å². The number of para-hydroxylation sites is 1. The fourth-order valence-corrected chi connectivity index (χ4v) is 3.58. The number of amides is 2. The average molecular weight is 407 g/mol. The van der Waals surface area contributed by atoms with Crippen molar-refractivity contribution in [3.63, 3.8) is 0 Å². The third kappa shape index (κ3) is 3.90. The van der Waals surface area contributed by atoms with Crippen LogP contribution in [0.1, 0.15) is 16.2 Å². The van der Waals surface area contributed by atoms with Crippen LogP contribution in [-0.2, 0) is 4.79 Å². The van der Waals surface area contributed by atoms with Gasteiger partial charge in [0.25, 0.3) is 5.91 Å². The van der Waals surface area contributed by atoms with Crippen molar-refractivity contribution in [3.05, 3.63) is 59.9 Å². The molecule has 2 aromatic heterocycles. The van der Waals surface area contributed by atoms with E-state index >= 15 is 0 Å². The minimum atomic E-state index is -0.466. The fourth-order valence-electron chi connectivity index (χ4n) is 2.83. The predicted molar refractivity (Wildman–Crippen MR) is 109 cm³/mol. The second kappa shape index (κ2) is 7.88. The highest BCUT2D eigenvalue weighted by atomic mass is 32.2. The largest absolute Gasteiger partial charge is 0.497 e. The summed E-state index contributed by atoms with van der Waals surface area (Å²) in [6, 6.07) is 14.1. The second-order valence-corrected chi connectivity index (χ2v) is 7.14. The lowest BCUT2D eigenvalue weighted by molar-refractivity contribution is -0.117. The molecule has 29 heavy (non-hydrogen) atoms. The van der Waals surface area contributed by atoms with E-state index in [0.29, 0.717) is 27.9 Å². The molecule has 0 saturated heterocycles. The van der Waals surface area contributed by atoms with Crippen molar-refractivity contribution in [2.24, 2.45) is 0 Å². The van der Waals surface area contributed by atoms with Gasteiger partial charge in [0.05, 0.1) is 18.4 Å². The molecule has 1 N–H and O–H groups in total. The quantitative estimate of drug-likeness (QED) is 0.401. The summed E-state index contributed by atoms with van der Waals surface area (Å²) < 4.78 is 6.69. The lowest BCUT2D eigenvalue weighted by Gasteiger charge is -2.07. The third-order valence-electron chi connectivity index (χ3n) is 4.19. The molecule has 0 unspecified atom stereocenters. The first-order chi connectivity index (χ1) is 14.0. The smallest absolute Gasteiger partial charge is 0.257 e. The molecule has 4 aromatic rings. The van der Waals surface area contributed by atoms with Gasteiger partial charge in [-0.2, -0.15) is 4.52 Å². The maximum Gasteiger partial charge on any atom is 0.257 e. The maximum atomic E-state index is 12.3. The van der Waals surface area contributed by atoms with Crippen molar-refractivity contribution < 1.29 is 14.3 Å². The number of carbonyl (C=O) groups is 2. The van der Waals surface area contributed by atoms with Gasteiger partial charge < -0.3 is 4.74 Å². The van der Waals surface area contributed by atoms with Crippen molar-refractivity contribution in [2.45, 2.75) is 12.1 Å². The average Bonchev–Trinajstić information content (AvgIpc) is 3.14. The van der Waals surface area contributed by atoms with E-state index in [1.165, 1.54) is 11.8 Å². The Morgan fingerprint density at radius 3 is 2.62 bits per heavy atom. The number of imide groups is 1. The Hall–Kier alpha value is -3.46. The Morgan fingerprint density at radius 2 is 1.86 bits per heavy atom. The molecule has 0 fully saturated rings. The number of benzene rings is 2. The topological polar surface area (TPSA) is 98.5 Å². The molecular formula is C20H17N5O3S. The van der Waals surface area contributed by atoms with E-state index in [0.717, 1.165) is 10.9 Å². The van der Waals surface area contributed by atoms with Gasteiger partial charge in [0.2, 0.25) is 5.91 Å². The zero-order valence-electron chi connectivity index (χ0n) is 15.7. The van der Waals surface area contributed by atoms with Crippen molar-refractivity contribution in [1.29, 1.82) is 0 Å². The van der Waals surface area contributed by atoms with Crippen molar-refractivity contribution >= 4 is 40.1 Å². The lowest BCUT2D eigenvalue weighted by atomic mass is 10.2. The van der Waals surface area contributed by atoms with Gasteiger partial charge in [0.15, 0.2) is 10.8 Å². The molecule has 0 atom stereocenters. The molecular weight excluding hydrogens is 390 g/mol. The van der Waals surface area contributed by atoms with Crippen LogP contribution in [0.15, 0.2) is 53.7 Å². The summed E-state index contributed by atoms with van der Waals surface area (Å²) in [5.41, 5.74) is 1.83. The fraction of sp³-hybridized carbons (Fsp3) is 0.150. The predicted octanol–water partition coefficient (Wildman–Crippen LogP) is 2.64. The van der Waals surface area contributed by atoms with Gasteiger partial charge in [0, 0.05) is 10.9 Å². The Kier molecular flexibility index (Phi) is 5.13. The number of hydrogen-bond acceptors (Lipinski definition) is 7. The number of aryl methyl sites for hydroxylation is 1. The van der Waals surface area contributed by atoms with Gasteiger partial charge in [-0.1, -0.05) is 23.9 Å². The van der Waals surface area contributed by atoms with E-state index in [1.54, 1.807) is 42.8 Å². The molecule has 0 aliphatic heterocycles. The Balaban J connectivity index is 1.49. The van der Waals surface area contributed by atoms with Crippen molar-refractivity contribution in [3.8, 4) is 5.75 Å². The van der Waals surface area contributed by atoms with Crippen LogP contribution in [0.25, 0.3) is 16.6 Å². The number of methoxy groups -OCH3 is 1. The highest BCUT2D eigenvalue weighted by molar-refractivity contribution is 7.99. The molecule has 9 heteroatoms. The van der Waals surface area contributed by atoms with Crippen LogP contribution in [-0.4, -0.2) is 44.3 Å². The summed E-state index contributed by atoms with van der Waals surface area (Å²) in [5, 5.41) is 8.18. The molecule has 0 spiro atoms. The number of rotatable bonds is 5. The first-order valence-corrected chi connectivity index (χ1v) is 9.77. The van der Waals surface area contributed by atoms with Crippen LogP contribution in [0, 0.1) is 6.92 Å². The highest BCUT2D eigenvalue weighted by Gasteiger charge is 2.15. The van der Waals surface area contributed by atoms with Gasteiger partial charge in [-0.15, -0.1) is 5.10 Å². The Morgan fingerprint density at radius 1 is 1.10 bits per heavy atom. The molecule has 0 aliphatic rings. The number of ether oxygens (including phenoxy) is 1. The van der Waals surface area contributed by atoms with E-state index in [1.807, 2.05) is 24.3 Å². The van der Waals surface area contributed by atoms with Crippen LogP contribution < -0.4 is 10.1 Å². The number of hydrogen-bond donors (Lipinski definition) is 1. The minimum Gasteiger partial charge on any atom is -0.497 e. The van der Waals surface area contributed by atoms with Crippen LogP contribution in [0.3, 0.4) is 0 Å². The SMILES string of the molecule is COc1ccc(C(=O)NC(=O)CSc2nc3ccccc3c3nc(C)nn23)cc1. The number of thioether (sulfide) groups is 1. The zero-order chi connectivity index (χ0) is 20.4. The zero-order valence-corrected chi connectivity index (χ0v) is 16.6. The molecule has 8 nitrogen and oxygen atoms in total. The number of fused-ring (bicyclic) bond motifs is 3. The van der Waals surface area contributed by atoms with Crippen molar-refractivity contribution in [2.75, 3.05) is 12.9 Å². The van der Waals surface area contributed by atoms with Gasteiger partial charge in [-0.3, -0.25) is 14.9 Å². The van der Waals surface area contributed by atoms with Crippen LogP contribution in [0.2, 0.25) is 0 Å². The molecule has 0 saturated carbocycles. The lowest BCUT2D eigenvalue weighted by Crippen LogP contribution is -2.31. The maximum absolute atomic E-state index is 12.3. The monoisotopic (exact) mass is 407 g/mol. The summed E-state index contributed by atoms with van der Waals surface area (Å²) in [5.74, 6) is 0.380. The number of nitrogens with zero attached hydrogens (tertiary/aromatic N) is 4. The number of nitrogens with one attached hydrogen (secondary N) is 1. The third-order valence-corrected chi connectivity index (χ3v) is 5.12. The summed E-state index contributed by atoms with van der Waals surface area (Å²) in [6.45, 7) is 1.80. The first-order valence-electron chi connectivity index (χ1n) is 8.78. The molecule has 2 aromatic carbocycles. The second-order valence-electron chi connectivity index (χ2n) is 6.20. The Labute approximate surface area is 170 Å². The highest BCUT2D eigenvalue weighted by Crippen LogP contribution is 2.23. The van der Waals surface area contributed by atoms with Gasteiger partial charge in [0.1, 0.15) is 11.6 Å². The van der Waals surface area contributed by atoms with Crippen LogP contribution >= 0.6 is 11.8 Å². The molecule has 146 valence electrons. The molecule has 0 bridgehead atoms. The normalized spacial score (nSPS) is 11.0. The summed E-state index contributed by atoms with van der Waals surface area (Å²) in [6.07, 6.45) is 0. The van der Waals surface area contributed by atoms with Crippen molar-refractivity contribution in [1.82, 2.24) is 24.9 Å². The van der Waals surface area contributed by atoms with Gasteiger partial charge in [-0.05, 0) is 43.3 Å². The molecule has 2 amide bonds. The van der Waals surface area contributed by atoms with Gasteiger partial charge >= 0.3 is 0 Å². The van der Waals surface area contributed by atoms with E-state index in [2.05, 4.69) is 20.4 Å². The van der Waals surface area contributed by atoms with Crippen LogP contribution in [0.4, 0.5) is 0 Å². The van der Waals surface area contributed by atoms with Crippen LogP contribution in [0.5, 0.6) is 5.75 Å². The summed E-state index contributed by atoms with van der Waals surface area (Å²) in [7, 11) is 1.55. The number of aromatic nitrogens is 4. The summed E-state index contributed by atoms with van der Waals surface area (Å²) in [4.78, 5) is 33.6. The van der Waals surface area contributed by atoms with E-state index in [-0.39, 0.29) is 5.75 Å². The first kappa shape index (κ1) is 18.9. The van der Waals surface area contributed by atoms with Gasteiger partial charge in [-0.25, -0.2) is 9.97 Å². The van der Waals surface area contributed by atoms with E-state index in [4.69, 9.17) is 4.74 Å². The minimum absolute atomic E-state index is 0.0151. The standard InChI is InChI=1S/C20H17N5O3S/c1-12-21-18-15-5-3-4-6-16(15)22-20(25(18)24-12)29-11-17(26)23-19(27)13-7-9-14(28-2)10-8-13/h3-10H,11H2,1-2H3,(H,23,26,27). The molecule has 0 radical (unpaired) electrons. The van der Waals surface area contributed by atoms with E-state index in [9.17, 15) is 9.59 Å².